The van der Waals surface area contributed by atoms with Crippen molar-refractivity contribution in [2.75, 3.05) is 56.6 Å². The maximum atomic E-state index is 14.9. The Morgan fingerprint density at radius 1 is 1.01 bits per heavy atom. The van der Waals surface area contributed by atoms with Crippen LogP contribution in [0.3, 0.4) is 0 Å². The van der Waals surface area contributed by atoms with Gasteiger partial charge in [-0.15, -0.1) is 0 Å². The van der Waals surface area contributed by atoms with E-state index in [2.05, 4.69) is 77.8 Å². The summed E-state index contributed by atoms with van der Waals surface area (Å²) in [6.07, 6.45) is 10.5. The van der Waals surface area contributed by atoms with Crippen LogP contribution in [0, 0.1) is 27.3 Å². The SMILES string of the molecule is COc1nc2[nH]cc(F)c2cc1Oc1cc(N2CCC3(CC2)CC(N2CCN(Cc4ccn(C)c(=O)c4)C[C@H]2c2ccccc2C(C)C)C3)ccc1C(=O)NS(=O)(=O)c1cnc(NCC2CCC(C)(O)CC2)c([N+](=O)[O-])c1. The number of nitrogens with zero attached hydrogens (tertiary/aromatic N) is 7. The predicted octanol–water partition coefficient (Wildman–Crippen LogP) is 8.41. The van der Waals surface area contributed by atoms with Crippen LogP contribution >= 0.6 is 0 Å². The molecule has 4 N–H and O–H groups in total. The van der Waals surface area contributed by atoms with E-state index in [9.17, 15) is 37.6 Å². The molecule has 6 heterocycles. The molecule has 2 aliphatic carbocycles. The first-order valence-electron chi connectivity index (χ1n) is 26.5. The maximum Gasteiger partial charge on any atom is 0.312 e. The van der Waals surface area contributed by atoms with E-state index < -0.39 is 42.9 Å². The Morgan fingerprint density at radius 3 is 2.48 bits per heavy atom. The molecular weight excluding hydrogens is 1010 g/mol. The van der Waals surface area contributed by atoms with Gasteiger partial charge in [0.1, 0.15) is 22.1 Å². The Bertz CT molecular complexity index is 3360. The zero-order valence-electron chi connectivity index (χ0n) is 44.1. The fraction of sp³-hybridized carbons (Fsp3) is 0.464. The highest BCUT2D eigenvalue weighted by Gasteiger charge is 2.50. The molecule has 2 saturated heterocycles. The summed E-state index contributed by atoms with van der Waals surface area (Å²) in [5.41, 5.74) is 3.24. The minimum atomic E-state index is -4.75. The van der Waals surface area contributed by atoms with E-state index >= 15 is 0 Å². The van der Waals surface area contributed by atoms with Crippen molar-refractivity contribution in [3.8, 4) is 17.4 Å². The topological polar surface area (TPSA) is 230 Å². The number of aliphatic hydroxyl groups is 1. The van der Waals surface area contributed by atoms with Crippen molar-refractivity contribution >= 4 is 44.2 Å². The molecule has 2 saturated carbocycles. The van der Waals surface area contributed by atoms with Crippen LogP contribution in [0.15, 0.2) is 95.0 Å². The number of benzene rings is 2. The van der Waals surface area contributed by atoms with Crippen molar-refractivity contribution in [3.05, 3.63) is 134 Å². The summed E-state index contributed by atoms with van der Waals surface area (Å²) >= 11 is 0. The number of pyridine rings is 3. The lowest BCUT2D eigenvalue weighted by molar-refractivity contribution is -0.384. The largest absolute Gasteiger partial charge is 0.478 e. The molecule has 0 bridgehead atoms. The average molecular weight is 1080 g/mol. The number of piperazine rings is 1. The number of fused-ring (bicyclic) bond motifs is 1. The number of nitro groups is 1. The fourth-order valence-electron chi connectivity index (χ4n) is 12.0. The van der Waals surface area contributed by atoms with Crippen LogP contribution in [0.1, 0.15) is 111 Å². The third-order valence-corrected chi connectivity index (χ3v) is 17.8. The Hall–Kier alpha value is -6.94. The van der Waals surface area contributed by atoms with Gasteiger partial charge in [-0.05, 0) is 110 Å². The van der Waals surface area contributed by atoms with Crippen LogP contribution in [0.25, 0.3) is 11.0 Å². The van der Waals surface area contributed by atoms with Crippen molar-refractivity contribution in [1.29, 1.82) is 0 Å². The van der Waals surface area contributed by atoms with Gasteiger partial charge in [-0.1, -0.05) is 38.1 Å². The van der Waals surface area contributed by atoms with E-state index in [1.807, 2.05) is 12.3 Å². The van der Waals surface area contributed by atoms with Crippen molar-refractivity contribution in [3.63, 3.8) is 0 Å². The smallest absolute Gasteiger partial charge is 0.312 e. The molecule has 2 aliphatic heterocycles. The molecule has 21 heteroatoms. The number of carbonyl (C=O) groups is 1. The molecule has 0 unspecified atom stereocenters. The summed E-state index contributed by atoms with van der Waals surface area (Å²) < 4.78 is 58.2. The quantitative estimate of drug-likeness (QED) is 0.0527. The van der Waals surface area contributed by atoms with Gasteiger partial charge in [-0.3, -0.25) is 29.5 Å². The lowest BCUT2D eigenvalue weighted by Crippen LogP contribution is -2.60. The number of aryl methyl sites for hydroxylation is 1. The maximum absolute atomic E-state index is 14.9. The number of piperidine rings is 1. The summed E-state index contributed by atoms with van der Waals surface area (Å²) in [4.78, 5) is 56.2. The van der Waals surface area contributed by atoms with Gasteiger partial charge in [0, 0.05) is 107 Å². The van der Waals surface area contributed by atoms with Crippen LogP contribution in [0.2, 0.25) is 0 Å². The lowest BCUT2D eigenvalue weighted by atomic mass is 9.59. The number of methoxy groups -OCH3 is 1. The van der Waals surface area contributed by atoms with E-state index in [4.69, 9.17) is 9.47 Å². The number of H-pyrrole nitrogens is 1. The van der Waals surface area contributed by atoms with Gasteiger partial charge in [0.25, 0.3) is 27.4 Å². The number of amides is 1. The van der Waals surface area contributed by atoms with E-state index in [0.717, 1.165) is 69.3 Å². The number of aromatic nitrogens is 4. The number of sulfonamides is 1. The first-order valence-corrected chi connectivity index (χ1v) is 27.9. The third kappa shape index (κ3) is 11.4. The van der Waals surface area contributed by atoms with Gasteiger partial charge in [-0.2, -0.15) is 4.98 Å². The molecule has 4 aromatic heterocycles. The molecule has 6 aromatic rings. The van der Waals surface area contributed by atoms with Crippen LogP contribution < -0.4 is 30.0 Å². The van der Waals surface area contributed by atoms with E-state index in [-0.39, 0.29) is 62.7 Å². The highest BCUT2D eigenvalue weighted by atomic mass is 32.2. The van der Waals surface area contributed by atoms with Crippen LogP contribution in [0.4, 0.5) is 21.6 Å². The van der Waals surface area contributed by atoms with Crippen molar-refractivity contribution in [1.82, 2.24) is 34.0 Å². The molecule has 1 atom stereocenters. The standard InChI is InChI=1S/C56H67FN10O9S/c1-35(2)41-8-6-7-9-42(41)47-34-64(33-37-14-19-63(4)50(68)24-37)22-23-66(47)39-28-56(29-39)17-20-65(21-18-56)38-10-11-43(48(25-38)76-49-27-44-45(57)32-60-51(44)61-54(49)75-5)53(69)62-77(73,74)40-26-46(67(71)72)52(59-31-40)58-30-36-12-15-55(3,70)16-13-36/h6-11,14,19,24-27,31-32,35-36,39,47,70H,12-13,15-18,20-23,28-30,33-34H2,1-5H3,(H,58,59)(H,60,61)(H,62,69)/t36?,47-,55?/m0/s1. The highest BCUT2D eigenvalue weighted by Crippen LogP contribution is 2.53. The zero-order chi connectivity index (χ0) is 54.4. The molecule has 19 nitrogen and oxygen atoms in total. The highest BCUT2D eigenvalue weighted by molar-refractivity contribution is 7.90. The third-order valence-electron chi connectivity index (χ3n) is 16.5. The minimum Gasteiger partial charge on any atom is -0.478 e. The van der Waals surface area contributed by atoms with Crippen molar-refractivity contribution in [2.45, 2.75) is 107 Å². The molecule has 4 fully saturated rings. The van der Waals surface area contributed by atoms with Crippen LogP contribution in [-0.2, 0) is 23.6 Å². The second-order valence-corrected chi connectivity index (χ2v) is 23.9. The summed E-state index contributed by atoms with van der Waals surface area (Å²) in [6.45, 7) is 11.4. The normalized spacial score (nSPS) is 21.3. The van der Waals surface area contributed by atoms with Gasteiger partial charge < -0.3 is 34.3 Å². The number of halogens is 1. The number of hydrogen-bond acceptors (Lipinski definition) is 15. The molecule has 1 spiro atoms. The Labute approximate surface area is 447 Å². The molecule has 10 rings (SSSR count). The molecule has 4 aliphatic rings. The number of rotatable bonds is 16. The van der Waals surface area contributed by atoms with E-state index in [0.29, 0.717) is 69.5 Å². The number of anilines is 2. The molecular formula is C56H67FN10O9S. The summed E-state index contributed by atoms with van der Waals surface area (Å²) in [5.74, 6) is -1.45. The first-order chi connectivity index (χ1) is 36.8. The van der Waals surface area contributed by atoms with Gasteiger partial charge in [0.15, 0.2) is 5.75 Å². The second kappa shape index (κ2) is 21.5. The average Bonchev–Trinajstić information content (AvgIpc) is 3.81. The van der Waals surface area contributed by atoms with E-state index in [1.165, 1.54) is 30.4 Å². The zero-order valence-corrected chi connectivity index (χ0v) is 44.9. The number of nitrogens with one attached hydrogen (secondary N) is 3. The van der Waals surface area contributed by atoms with Gasteiger partial charge in [0.05, 0.1) is 34.8 Å². The van der Waals surface area contributed by atoms with E-state index in [1.54, 1.807) is 36.7 Å². The number of carbonyl (C=O) groups excluding carboxylic acids is 1. The monoisotopic (exact) mass is 1070 g/mol. The number of hydrogen-bond donors (Lipinski definition) is 4. The number of aromatic amines is 1. The summed E-state index contributed by atoms with van der Waals surface area (Å²) in [5, 5.41) is 25.7. The summed E-state index contributed by atoms with van der Waals surface area (Å²) in [6, 6.07) is 20.2. The minimum absolute atomic E-state index is 0.0110. The van der Waals surface area contributed by atoms with Gasteiger partial charge >= 0.3 is 5.69 Å². The predicted molar refractivity (Wildman–Crippen MR) is 290 cm³/mol. The Morgan fingerprint density at radius 2 is 1.77 bits per heavy atom. The Kier molecular flexibility index (Phi) is 14.9. The van der Waals surface area contributed by atoms with Crippen molar-refractivity contribution in [2.24, 2.45) is 18.4 Å². The Balaban J connectivity index is 0.859. The molecule has 408 valence electrons. The molecule has 0 radical (unpaired) electrons. The van der Waals surface area contributed by atoms with Crippen LogP contribution in [0.5, 0.6) is 17.4 Å². The number of ether oxygens (including phenoxy) is 2. The van der Waals surface area contributed by atoms with Gasteiger partial charge in [0.2, 0.25) is 5.82 Å². The molecule has 1 amide bonds. The lowest BCUT2D eigenvalue weighted by Gasteiger charge is -2.58. The fourth-order valence-corrected chi connectivity index (χ4v) is 12.9. The van der Waals surface area contributed by atoms with Crippen molar-refractivity contribution < 1.29 is 37.1 Å². The van der Waals surface area contributed by atoms with Crippen LogP contribution in [-0.4, -0.2) is 112 Å². The second-order valence-electron chi connectivity index (χ2n) is 22.2. The van der Waals surface area contributed by atoms with Gasteiger partial charge in [-0.25, -0.2) is 22.5 Å². The molecule has 2 aromatic carbocycles. The summed E-state index contributed by atoms with van der Waals surface area (Å²) in [7, 11) is -1.62. The first kappa shape index (κ1) is 53.5. The molecule has 77 heavy (non-hydrogen) atoms.